The number of hydrogen-bond donors (Lipinski definition) is 0. The molecule has 1 aromatic heterocycles. The lowest BCUT2D eigenvalue weighted by Gasteiger charge is -2.10. The molecule has 3 aromatic rings. The Morgan fingerprint density at radius 3 is 2.32 bits per heavy atom. The number of halogens is 2. The molecule has 0 unspecified atom stereocenters. The van der Waals surface area contributed by atoms with Gasteiger partial charge in [0.25, 0.3) is 0 Å². The number of hydrogen-bond acceptors (Lipinski definition) is 4. The second kappa shape index (κ2) is 6.43. The van der Waals surface area contributed by atoms with Gasteiger partial charge in [-0.2, -0.15) is 8.78 Å². The second-order valence-corrected chi connectivity index (χ2v) is 5.34. The van der Waals surface area contributed by atoms with Gasteiger partial charge in [-0.15, -0.1) is 0 Å². The van der Waals surface area contributed by atoms with E-state index in [1.165, 1.54) is 18.2 Å². The molecule has 7 heteroatoms. The molecule has 130 valence electrons. The maximum Gasteiger partial charge on any atom is 0.387 e. The number of methoxy groups -OCH3 is 1. The van der Waals surface area contributed by atoms with Gasteiger partial charge >= 0.3 is 6.61 Å². The Hall–Kier alpha value is -3.09. The van der Waals surface area contributed by atoms with Crippen LogP contribution >= 0.6 is 0 Å². The molecule has 0 N–H and O–H groups in total. The number of ether oxygens (including phenoxy) is 2. The first-order chi connectivity index (χ1) is 11.9. The second-order valence-electron chi connectivity index (χ2n) is 5.34. The zero-order chi connectivity index (χ0) is 18.1. The third-order valence-corrected chi connectivity index (χ3v) is 3.94. The van der Waals surface area contributed by atoms with Gasteiger partial charge in [0.05, 0.1) is 18.6 Å². The van der Waals surface area contributed by atoms with E-state index in [2.05, 4.69) is 4.74 Å². The van der Waals surface area contributed by atoms with E-state index < -0.39 is 12.6 Å². The number of aromatic carboxylic acids is 1. The summed E-state index contributed by atoms with van der Waals surface area (Å²) in [7, 11) is 1.55. The van der Waals surface area contributed by atoms with Crippen molar-refractivity contribution in [3.8, 4) is 17.2 Å². The van der Waals surface area contributed by atoms with Gasteiger partial charge in [0.15, 0.2) is 0 Å². The van der Waals surface area contributed by atoms with Crippen molar-refractivity contribution >= 4 is 16.9 Å². The van der Waals surface area contributed by atoms with E-state index in [-0.39, 0.29) is 16.7 Å². The minimum Gasteiger partial charge on any atom is -0.545 e. The summed E-state index contributed by atoms with van der Waals surface area (Å²) in [6.07, 6.45) is 0. The lowest BCUT2D eigenvalue weighted by Crippen LogP contribution is -2.23. The van der Waals surface area contributed by atoms with Crippen molar-refractivity contribution < 1.29 is 28.2 Å². The molecule has 2 aromatic carbocycles. The molecule has 0 radical (unpaired) electrons. The summed E-state index contributed by atoms with van der Waals surface area (Å²) in [5.74, 6) is -0.841. The zero-order valence-corrected chi connectivity index (χ0v) is 13.5. The van der Waals surface area contributed by atoms with Crippen LogP contribution in [0.1, 0.15) is 16.1 Å². The van der Waals surface area contributed by atoms with Crippen LogP contribution in [0.15, 0.2) is 42.5 Å². The van der Waals surface area contributed by atoms with Crippen LogP contribution in [-0.2, 0) is 0 Å². The van der Waals surface area contributed by atoms with E-state index in [4.69, 9.17) is 4.74 Å². The van der Waals surface area contributed by atoms with Crippen molar-refractivity contribution in [1.82, 2.24) is 4.57 Å². The number of aromatic nitrogens is 1. The van der Waals surface area contributed by atoms with Crippen LogP contribution in [0.2, 0.25) is 0 Å². The van der Waals surface area contributed by atoms with Crippen molar-refractivity contribution in [3.05, 3.63) is 53.7 Å². The number of rotatable bonds is 5. The van der Waals surface area contributed by atoms with E-state index in [1.54, 1.807) is 42.9 Å². The van der Waals surface area contributed by atoms with E-state index in [0.717, 1.165) is 0 Å². The fourth-order valence-electron chi connectivity index (χ4n) is 2.90. The normalized spacial score (nSPS) is 11.1. The molecule has 0 bridgehead atoms. The largest absolute Gasteiger partial charge is 0.545 e. The first kappa shape index (κ1) is 16.8. The topological polar surface area (TPSA) is 63.5 Å². The number of fused-ring (bicyclic) bond motifs is 1. The van der Waals surface area contributed by atoms with Gasteiger partial charge in [0.2, 0.25) is 0 Å². The first-order valence-corrected chi connectivity index (χ1v) is 7.38. The van der Waals surface area contributed by atoms with Crippen LogP contribution in [0.5, 0.6) is 11.5 Å². The van der Waals surface area contributed by atoms with E-state index in [0.29, 0.717) is 22.6 Å². The van der Waals surface area contributed by atoms with Crippen LogP contribution in [-0.4, -0.2) is 24.3 Å². The molecule has 0 fully saturated rings. The van der Waals surface area contributed by atoms with Gasteiger partial charge < -0.3 is 23.9 Å². The summed E-state index contributed by atoms with van der Waals surface area (Å²) in [4.78, 5) is 11.6. The minimum atomic E-state index is -2.99. The average Bonchev–Trinajstić information content (AvgIpc) is 2.85. The Morgan fingerprint density at radius 2 is 1.76 bits per heavy atom. The predicted octanol–water partition coefficient (Wildman–Crippen LogP) is 2.91. The molecule has 0 saturated carbocycles. The standard InChI is InChI=1S/C18H15F2NO4/c1-10-16(17(22)23)14-9-13(25-18(19)20)7-8-15(14)21(10)11-3-5-12(24-2)6-4-11/h3-9,18H,1-2H3,(H,22,23)/p-1. The van der Waals surface area contributed by atoms with Gasteiger partial charge in [0.1, 0.15) is 11.5 Å². The first-order valence-electron chi connectivity index (χ1n) is 7.38. The molecular formula is C18H14F2NO4-. The average molecular weight is 346 g/mol. The van der Waals surface area contributed by atoms with Crippen LogP contribution in [0, 0.1) is 6.92 Å². The minimum absolute atomic E-state index is 0.0643. The van der Waals surface area contributed by atoms with Crippen LogP contribution in [0.25, 0.3) is 16.6 Å². The third-order valence-electron chi connectivity index (χ3n) is 3.94. The molecule has 3 rings (SSSR count). The number of carbonyl (C=O) groups is 1. The van der Waals surface area contributed by atoms with Gasteiger partial charge in [-0.1, -0.05) is 0 Å². The highest BCUT2D eigenvalue weighted by molar-refractivity contribution is 6.05. The number of carboxylic acid groups (broad SMARTS) is 1. The molecule has 0 atom stereocenters. The van der Waals surface area contributed by atoms with Crippen molar-refractivity contribution in [3.63, 3.8) is 0 Å². The van der Waals surface area contributed by atoms with E-state index in [1.807, 2.05) is 0 Å². The third kappa shape index (κ3) is 3.00. The molecule has 25 heavy (non-hydrogen) atoms. The van der Waals surface area contributed by atoms with Gasteiger partial charge in [-0.05, 0) is 49.4 Å². The predicted molar refractivity (Wildman–Crippen MR) is 85.5 cm³/mol. The smallest absolute Gasteiger partial charge is 0.387 e. The Labute approximate surface area is 142 Å². The molecule has 5 nitrogen and oxygen atoms in total. The summed E-state index contributed by atoms with van der Waals surface area (Å²) in [6, 6.07) is 11.2. The number of carbonyl (C=O) groups excluding carboxylic acids is 1. The summed E-state index contributed by atoms with van der Waals surface area (Å²) < 4.78 is 36.1. The Kier molecular flexibility index (Phi) is 4.31. The number of carboxylic acids is 1. The van der Waals surface area contributed by atoms with Crippen LogP contribution < -0.4 is 14.6 Å². The highest BCUT2D eigenvalue weighted by atomic mass is 19.3. The van der Waals surface area contributed by atoms with Gasteiger partial charge in [-0.25, -0.2) is 0 Å². The fourth-order valence-corrected chi connectivity index (χ4v) is 2.90. The molecule has 0 aliphatic carbocycles. The highest BCUT2D eigenvalue weighted by Gasteiger charge is 2.17. The molecule has 0 aliphatic heterocycles. The molecule has 0 saturated heterocycles. The lowest BCUT2D eigenvalue weighted by molar-refractivity contribution is -0.254. The maximum absolute atomic E-state index is 12.4. The Morgan fingerprint density at radius 1 is 1.12 bits per heavy atom. The number of nitrogens with zero attached hydrogens (tertiary/aromatic N) is 1. The summed E-state index contributed by atoms with van der Waals surface area (Å²) in [5.41, 5.74) is 1.61. The van der Waals surface area contributed by atoms with Crippen molar-refractivity contribution in [2.75, 3.05) is 7.11 Å². The molecule has 0 aliphatic rings. The number of alkyl halides is 2. The zero-order valence-electron chi connectivity index (χ0n) is 13.5. The molecule has 0 spiro atoms. The van der Waals surface area contributed by atoms with Crippen molar-refractivity contribution in [2.45, 2.75) is 13.5 Å². The molecule has 0 amide bonds. The quantitative estimate of drug-likeness (QED) is 0.713. The van der Waals surface area contributed by atoms with E-state index >= 15 is 0 Å². The fraction of sp³-hybridized carbons (Fsp3) is 0.167. The monoisotopic (exact) mass is 346 g/mol. The maximum atomic E-state index is 12.4. The molecular weight excluding hydrogens is 332 g/mol. The Balaban J connectivity index is 2.24. The summed E-state index contributed by atoms with van der Waals surface area (Å²) >= 11 is 0. The van der Waals surface area contributed by atoms with Gasteiger partial charge in [-0.3, -0.25) is 0 Å². The van der Waals surface area contributed by atoms with E-state index in [9.17, 15) is 18.7 Å². The van der Waals surface area contributed by atoms with Crippen LogP contribution in [0.3, 0.4) is 0 Å². The highest BCUT2D eigenvalue weighted by Crippen LogP contribution is 2.32. The number of benzene rings is 2. The van der Waals surface area contributed by atoms with Crippen molar-refractivity contribution in [2.24, 2.45) is 0 Å². The SMILES string of the molecule is COc1ccc(-n2c(C)c(C(=O)[O-])c3cc(OC(F)F)ccc32)cc1. The van der Waals surface area contributed by atoms with Gasteiger partial charge in [0, 0.05) is 22.3 Å². The van der Waals surface area contributed by atoms with Crippen molar-refractivity contribution in [1.29, 1.82) is 0 Å². The summed E-state index contributed by atoms with van der Waals surface area (Å²) in [6.45, 7) is -1.36. The summed E-state index contributed by atoms with van der Waals surface area (Å²) in [5, 5.41) is 11.9. The molecule has 1 heterocycles. The van der Waals surface area contributed by atoms with Crippen LogP contribution in [0.4, 0.5) is 8.78 Å². The lowest BCUT2D eigenvalue weighted by atomic mass is 10.1. The Bertz CT molecular complexity index is 932.